The first-order valence-corrected chi connectivity index (χ1v) is 9.71. The van der Waals surface area contributed by atoms with Gasteiger partial charge in [0.1, 0.15) is 12.4 Å². The number of carboxylic acid groups (broad SMARTS) is 1. The monoisotopic (exact) mass is 441 g/mol. The number of benzene rings is 3. The summed E-state index contributed by atoms with van der Waals surface area (Å²) in [6.45, 7) is 1.69. The van der Waals surface area contributed by atoms with Crippen LogP contribution < -0.4 is 4.74 Å². The third kappa shape index (κ3) is 4.44. The number of fused-ring (bicyclic) bond motifs is 1. The van der Waals surface area contributed by atoms with Gasteiger partial charge in [-0.3, -0.25) is 4.79 Å². The number of ether oxygens (including phenoxy) is 1. The highest BCUT2D eigenvalue weighted by molar-refractivity contribution is 5.90. The second-order valence-corrected chi connectivity index (χ2v) is 7.24. The van der Waals surface area contributed by atoms with E-state index < -0.39 is 17.7 Å². The van der Waals surface area contributed by atoms with Crippen LogP contribution in [0.5, 0.6) is 5.75 Å². The van der Waals surface area contributed by atoms with E-state index in [1.165, 1.54) is 12.1 Å². The quantitative estimate of drug-likeness (QED) is 0.396. The van der Waals surface area contributed by atoms with Crippen LogP contribution in [0.15, 0.2) is 65.1 Å². The fourth-order valence-corrected chi connectivity index (χ4v) is 3.39. The van der Waals surface area contributed by atoms with Crippen molar-refractivity contribution in [3.05, 3.63) is 83.2 Å². The van der Waals surface area contributed by atoms with Gasteiger partial charge in [-0.1, -0.05) is 36.4 Å². The summed E-state index contributed by atoms with van der Waals surface area (Å²) in [4.78, 5) is 15.6. The van der Waals surface area contributed by atoms with Crippen molar-refractivity contribution in [3.8, 4) is 17.2 Å². The van der Waals surface area contributed by atoms with Crippen molar-refractivity contribution in [1.82, 2.24) is 4.98 Å². The Balaban J connectivity index is 1.61. The maximum absolute atomic E-state index is 12.8. The van der Waals surface area contributed by atoms with Crippen LogP contribution in [-0.2, 0) is 24.0 Å². The molecule has 0 saturated carbocycles. The van der Waals surface area contributed by atoms with Crippen molar-refractivity contribution >= 4 is 16.7 Å². The summed E-state index contributed by atoms with van der Waals surface area (Å²) in [5, 5.41) is 10.9. The van der Waals surface area contributed by atoms with Gasteiger partial charge in [0.05, 0.1) is 17.7 Å². The van der Waals surface area contributed by atoms with E-state index >= 15 is 0 Å². The minimum atomic E-state index is -4.42. The van der Waals surface area contributed by atoms with E-state index in [2.05, 4.69) is 4.98 Å². The molecule has 0 aliphatic rings. The van der Waals surface area contributed by atoms with Gasteiger partial charge in [0.2, 0.25) is 5.89 Å². The van der Waals surface area contributed by atoms with E-state index in [1.54, 1.807) is 13.0 Å². The molecule has 0 atom stereocenters. The Labute approximate surface area is 181 Å². The number of rotatable bonds is 6. The summed E-state index contributed by atoms with van der Waals surface area (Å²) in [7, 11) is 0. The number of halogens is 3. The normalized spacial score (nSPS) is 11.6. The Morgan fingerprint density at radius 2 is 1.78 bits per heavy atom. The highest BCUT2D eigenvalue weighted by Crippen LogP contribution is 2.33. The van der Waals surface area contributed by atoms with E-state index in [-0.39, 0.29) is 18.9 Å². The number of aryl methyl sites for hydroxylation is 1. The lowest BCUT2D eigenvalue weighted by molar-refractivity contribution is -0.138. The number of carbonyl (C=O) groups is 1. The SMILES string of the molecule is Cc1nc(-c2ccc(C(F)(F)F)cc2)oc1COc1c(CC(=O)O)ccc2ccccc12. The van der Waals surface area contributed by atoms with Crippen molar-refractivity contribution < 1.29 is 32.2 Å². The van der Waals surface area contributed by atoms with Gasteiger partial charge in [-0.05, 0) is 36.6 Å². The van der Waals surface area contributed by atoms with Gasteiger partial charge in [0.25, 0.3) is 0 Å². The number of nitrogens with zero attached hydrogens (tertiary/aromatic N) is 1. The molecular formula is C24H18F3NO4. The zero-order valence-electron chi connectivity index (χ0n) is 16.9. The molecule has 3 aromatic carbocycles. The summed E-state index contributed by atoms with van der Waals surface area (Å²) in [6, 6.07) is 15.5. The predicted molar refractivity (Wildman–Crippen MR) is 111 cm³/mol. The second-order valence-electron chi connectivity index (χ2n) is 7.24. The van der Waals surface area contributed by atoms with E-state index in [0.717, 1.165) is 22.9 Å². The Kier molecular flexibility index (Phi) is 5.61. The molecule has 0 aliphatic heterocycles. The smallest absolute Gasteiger partial charge is 0.416 e. The van der Waals surface area contributed by atoms with E-state index in [1.807, 2.05) is 30.3 Å². The maximum Gasteiger partial charge on any atom is 0.416 e. The van der Waals surface area contributed by atoms with Crippen LogP contribution in [0.25, 0.3) is 22.2 Å². The molecule has 0 fully saturated rings. The number of aliphatic carboxylic acids is 1. The number of hydrogen-bond acceptors (Lipinski definition) is 4. The van der Waals surface area contributed by atoms with Gasteiger partial charge in [0, 0.05) is 16.5 Å². The van der Waals surface area contributed by atoms with Crippen molar-refractivity contribution in [2.45, 2.75) is 26.1 Å². The lowest BCUT2D eigenvalue weighted by atomic mass is 10.0. The van der Waals surface area contributed by atoms with Gasteiger partial charge in [-0.25, -0.2) is 4.98 Å². The average Bonchev–Trinajstić information content (AvgIpc) is 3.12. The number of hydrogen-bond donors (Lipinski definition) is 1. The molecule has 1 heterocycles. The van der Waals surface area contributed by atoms with Gasteiger partial charge in [-0.2, -0.15) is 13.2 Å². The van der Waals surface area contributed by atoms with Crippen LogP contribution in [0.3, 0.4) is 0 Å². The topological polar surface area (TPSA) is 72.6 Å². The molecule has 164 valence electrons. The lowest BCUT2D eigenvalue weighted by Crippen LogP contribution is -2.05. The molecule has 0 bridgehead atoms. The number of oxazole rings is 1. The molecular weight excluding hydrogens is 423 g/mol. The summed E-state index contributed by atoms with van der Waals surface area (Å²) < 4.78 is 50.1. The maximum atomic E-state index is 12.8. The Bertz CT molecular complexity index is 1280. The highest BCUT2D eigenvalue weighted by atomic mass is 19.4. The molecule has 0 spiro atoms. The largest absolute Gasteiger partial charge is 0.485 e. The summed E-state index contributed by atoms with van der Waals surface area (Å²) in [5.41, 5.74) is 0.704. The average molecular weight is 441 g/mol. The zero-order chi connectivity index (χ0) is 22.9. The lowest BCUT2D eigenvalue weighted by Gasteiger charge is -2.13. The molecule has 0 saturated heterocycles. The van der Waals surface area contributed by atoms with Gasteiger partial charge in [-0.15, -0.1) is 0 Å². The van der Waals surface area contributed by atoms with Gasteiger partial charge in [0.15, 0.2) is 5.76 Å². The Hall–Kier alpha value is -3.81. The van der Waals surface area contributed by atoms with E-state index in [0.29, 0.717) is 28.3 Å². The summed E-state index contributed by atoms with van der Waals surface area (Å²) in [5.74, 6) is 0.0376. The first-order chi connectivity index (χ1) is 15.2. The molecule has 4 rings (SSSR count). The molecule has 5 nitrogen and oxygen atoms in total. The second kappa shape index (κ2) is 8.37. The molecule has 8 heteroatoms. The van der Waals surface area contributed by atoms with Crippen molar-refractivity contribution in [1.29, 1.82) is 0 Å². The van der Waals surface area contributed by atoms with Crippen LogP contribution in [0.4, 0.5) is 13.2 Å². The predicted octanol–water partition coefficient (Wildman–Crippen LogP) is 6.03. The van der Waals surface area contributed by atoms with Crippen molar-refractivity contribution in [3.63, 3.8) is 0 Å². The molecule has 0 amide bonds. The Morgan fingerprint density at radius 3 is 2.47 bits per heavy atom. The summed E-state index contributed by atoms with van der Waals surface area (Å²) >= 11 is 0. The fraction of sp³-hybridized carbons (Fsp3) is 0.167. The third-order valence-corrected chi connectivity index (χ3v) is 5.00. The molecule has 0 unspecified atom stereocenters. The Morgan fingerprint density at radius 1 is 1.06 bits per heavy atom. The van der Waals surface area contributed by atoms with Crippen LogP contribution in [0.2, 0.25) is 0 Å². The highest BCUT2D eigenvalue weighted by Gasteiger charge is 2.30. The van der Waals surface area contributed by atoms with Gasteiger partial charge < -0.3 is 14.3 Å². The summed E-state index contributed by atoms with van der Waals surface area (Å²) in [6.07, 6.45) is -4.62. The molecule has 4 aromatic rings. The minimum absolute atomic E-state index is 0.0138. The molecule has 1 N–H and O–H groups in total. The van der Waals surface area contributed by atoms with Crippen molar-refractivity contribution in [2.75, 3.05) is 0 Å². The number of carboxylic acids is 1. The molecule has 0 radical (unpaired) electrons. The van der Waals surface area contributed by atoms with Crippen LogP contribution in [-0.4, -0.2) is 16.1 Å². The van der Waals surface area contributed by atoms with E-state index in [4.69, 9.17) is 9.15 Å². The minimum Gasteiger partial charge on any atom is -0.485 e. The standard InChI is InChI=1S/C24H18F3NO4/c1-14-20(32-23(28-14)16-8-10-18(11-9-16)24(25,26)27)13-31-22-17(12-21(29)30)7-6-15-4-2-3-5-19(15)22/h2-11H,12-13H2,1H3,(H,29,30). The molecule has 32 heavy (non-hydrogen) atoms. The number of aromatic nitrogens is 1. The third-order valence-electron chi connectivity index (χ3n) is 5.00. The van der Waals surface area contributed by atoms with Crippen LogP contribution >= 0.6 is 0 Å². The van der Waals surface area contributed by atoms with Gasteiger partial charge >= 0.3 is 12.1 Å². The van der Waals surface area contributed by atoms with Crippen molar-refractivity contribution in [2.24, 2.45) is 0 Å². The zero-order valence-corrected chi connectivity index (χ0v) is 16.9. The number of alkyl halides is 3. The fourth-order valence-electron chi connectivity index (χ4n) is 3.39. The molecule has 1 aromatic heterocycles. The molecule has 0 aliphatic carbocycles. The van der Waals surface area contributed by atoms with E-state index in [9.17, 15) is 23.1 Å². The first-order valence-electron chi connectivity index (χ1n) is 9.71. The van der Waals surface area contributed by atoms with Crippen LogP contribution in [0.1, 0.15) is 22.6 Å². The first kappa shape index (κ1) is 21.4. The van der Waals surface area contributed by atoms with Crippen LogP contribution in [0, 0.1) is 6.92 Å².